The maximum absolute atomic E-state index is 6.15. The van der Waals surface area contributed by atoms with Crippen LogP contribution >= 0.6 is 11.6 Å². The van der Waals surface area contributed by atoms with Crippen LogP contribution < -0.4 is 0 Å². The van der Waals surface area contributed by atoms with E-state index in [4.69, 9.17) is 25.8 Å². The van der Waals surface area contributed by atoms with Crippen LogP contribution in [0.5, 0.6) is 0 Å². The normalized spacial score (nSPS) is 34.0. The molecule has 4 heteroatoms. The molecule has 1 aliphatic heterocycles. The monoisotopic (exact) mass is 318 g/mol. The van der Waals surface area contributed by atoms with Gasteiger partial charge < -0.3 is 14.2 Å². The molecule has 124 valence electrons. The molecule has 0 amide bonds. The second kappa shape index (κ2) is 10.0. The third-order valence-corrected chi connectivity index (χ3v) is 5.02. The number of hydrogen-bond donors (Lipinski definition) is 0. The van der Waals surface area contributed by atoms with Crippen molar-refractivity contribution in [3.8, 4) is 0 Å². The maximum Gasteiger partial charge on any atom is 0.160 e. The van der Waals surface area contributed by atoms with Crippen molar-refractivity contribution in [2.24, 2.45) is 5.92 Å². The van der Waals surface area contributed by atoms with Gasteiger partial charge in [0.15, 0.2) is 6.29 Å². The van der Waals surface area contributed by atoms with Gasteiger partial charge in [0.2, 0.25) is 0 Å². The lowest BCUT2D eigenvalue weighted by Gasteiger charge is -2.36. The Hall–Kier alpha value is 0.170. The lowest BCUT2D eigenvalue weighted by molar-refractivity contribution is -0.248. The molecule has 1 saturated heterocycles. The van der Waals surface area contributed by atoms with Crippen LogP contribution in [-0.4, -0.2) is 37.6 Å². The fourth-order valence-electron chi connectivity index (χ4n) is 3.18. The molecule has 0 N–H and O–H groups in total. The van der Waals surface area contributed by atoms with Crippen LogP contribution in [0.4, 0.5) is 0 Å². The third kappa shape index (κ3) is 6.43. The Morgan fingerprint density at radius 3 is 2.29 bits per heavy atom. The van der Waals surface area contributed by atoms with E-state index >= 15 is 0 Å². The number of unbranched alkanes of at least 4 members (excludes halogenated alkanes) is 4. The minimum absolute atomic E-state index is 0.0291. The van der Waals surface area contributed by atoms with Gasteiger partial charge >= 0.3 is 0 Å². The van der Waals surface area contributed by atoms with Crippen LogP contribution in [0, 0.1) is 5.92 Å². The van der Waals surface area contributed by atoms with Crippen LogP contribution in [-0.2, 0) is 14.2 Å². The Morgan fingerprint density at radius 1 is 0.952 bits per heavy atom. The predicted molar refractivity (Wildman–Crippen MR) is 85.8 cm³/mol. The fraction of sp³-hybridized carbons (Fsp3) is 1.00. The number of ether oxygens (including phenoxy) is 3. The van der Waals surface area contributed by atoms with Gasteiger partial charge in [0.05, 0.1) is 13.2 Å². The predicted octanol–water partition coefficient (Wildman–Crippen LogP) is 4.51. The van der Waals surface area contributed by atoms with Gasteiger partial charge in [0.1, 0.15) is 6.10 Å². The highest BCUT2D eigenvalue weighted by atomic mass is 35.5. The summed E-state index contributed by atoms with van der Waals surface area (Å²) >= 11 is 6.15. The number of alkyl halides is 1. The van der Waals surface area contributed by atoms with Crippen LogP contribution in [0.15, 0.2) is 0 Å². The second-order valence-electron chi connectivity index (χ2n) is 6.45. The van der Waals surface area contributed by atoms with Gasteiger partial charge in [-0.3, -0.25) is 0 Å². The summed E-state index contributed by atoms with van der Waals surface area (Å²) in [4.78, 5) is 0. The number of halogens is 1. The number of rotatable bonds is 8. The van der Waals surface area contributed by atoms with Gasteiger partial charge in [-0.05, 0) is 32.1 Å². The molecular weight excluding hydrogens is 288 g/mol. The van der Waals surface area contributed by atoms with Crippen molar-refractivity contribution in [2.45, 2.75) is 82.5 Å². The highest BCUT2D eigenvalue weighted by molar-refractivity contribution is 6.20. The molecule has 2 fully saturated rings. The van der Waals surface area contributed by atoms with E-state index in [2.05, 4.69) is 6.92 Å². The Morgan fingerprint density at radius 2 is 1.62 bits per heavy atom. The molecule has 2 aliphatic rings. The SMILES string of the molecule is CCCCCCCO[C@H]1CO[C@H]([C@H]2CC[C@H](Cl)CC2)OC1. The van der Waals surface area contributed by atoms with Gasteiger partial charge in [-0.15, -0.1) is 11.6 Å². The second-order valence-corrected chi connectivity index (χ2v) is 7.07. The summed E-state index contributed by atoms with van der Waals surface area (Å²) in [5, 5.41) is 0.355. The van der Waals surface area contributed by atoms with Gasteiger partial charge in [-0.25, -0.2) is 0 Å². The summed E-state index contributed by atoms with van der Waals surface area (Å²) < 4.78 is 17.6. The molecule has 0 radical (unpaired) electrons. The van der Waals surface area contributed by atoms with E-state index in [0.29, 0.717) is 24.5 Å². The van der Waals surface area contributed by atoms with Crippen molar-refractivity contribution in [3.63, 3.8) is 0 Å². The number of hydrogen-bond acceptors (Lipinski definition) is 3. The van der Waals surface area contributed by atoms with E-state index in [1.54, 1.807) is 0 Å². The standard InChI is InChI=1S/C17H31ClO3/c1-2-3-4-5-6-11-19-16-12-20-17(21-13-16)14-7-9-15(18)10-8-14/h14-17H,2-13H2,1H3/t14-,15-,16-,17-. The highest BCUT2D eigenvalue weighted by Gasteiger charge is 2.32. The first-order valence-corrected chi connectivity index (χ1v) is 9.22. The smallest absolute Gasteiger partial charge is 0.160 e. The molecular formula is C17H31ClO3. The summed E-state index contributed by atoms with van der Waals surface area (Å²) in [7, 11) is 0. The molecule has 0 bridgehead atoms. The lowest BCUT2D eigenvalue weighted by atomic mass is 9.88. The van der Waals surface area contributed by atoms with Crippen molar-refractivity contribution < 1.29 is 14.2 Å². The van der Waals surface area contributed by atoms with Crippen LogP contribution in [0.2, 0.25) is 0 Å². The average Bonchev–Trinajstić information content (AvgIpc) is 2.52. The van der Waals surface area contributed by atoms with Gasteiger partial charge in [-0.2, -0.15) is 0 Å². The molecule has 0 aromatic heterocycles. The first kappa shape index (κ1) is 17.5. The first-order valence-electron chi connectivity index (χ1n) is 8.78. The Bertz CT molecular complexity index is 259. The maximum atomic E-state index is 6.15. The molecule has 0 unspecified atom stereocenters. The van der Waals surface area contributed by atoms with E-state index < -0.39 is 0 Å². The van der Waals surface area contributed by atoms with Crippen molar-refractivity contribution >= 4 is 11.6 Å². The average molecular weight is 319 g/mol. The highest BCUT2D eigenvalue weighted by Crippen LogP contribution is 2.32. The van der Waals surface area contributed by atoms with Crippen molar-refractivity contribution in [3.05, 3.63) is 0 Å². The van der Waals surface area contributed by atoms with Gasteiger partial charge in [-0.1, -0.05) is 32.6 Å². The van der Waals surface area contributed by atoms with E-state index in [9.17, 15) is 0 Å². The van der Waals surface area contributed by atoms with Crippen molar-refractivity contribution in [1.82, 2.24) is 0 Å². The van der Waals surface area contributed by atoms with Crippen molar-refractivity contribution in [2.75, 3.05) is 19.8 Å². The zero-order valence-electron chi connectivity index (χ0n) is 13.4. The summed E-state index contributed by atoms with van der Waals surface area (Å²) in [6, 6.07) is 0. The summed E-state index contributed by atoms with van der Waals surface area (Å²) in [5.74, 6) is 0.523. The van der Waals surface area contributed by atoms with Crippen LogP contribution in [0.1, 0.15) is 64.7 Å². The van der Waals surface area contributed by atoms with E-state index in [-0.39, 0.29) is 12.4 Å². The van der Waals surface area contributed by atoms with Gasteiger partial charge in [0.25, 0.3) is 0 Å². The molecule has 2 rings (SSSR count). The van der Waals surface area contributed by atoms with Crippen molar-refractivity contribution in [1.29, 1.82) is 0 Å². The molecule has 0 atom stereocenters. The first-order chi connectivity index (χ1) is 10.3. The molecule has 0 aromatic rings. The molecule has 3 nitrogen and oxygen atoms in total. The topological polar surface area (TPSA) is 27.7 Å². The molecule has 21 heavy (non-hydrogen) atoms. The lowest BCUT2D eigenvalue weighted by Crippen LogP contribution is -2.42. The quantitative estimate of drug-likeness (QED) is 0.486. The minimum atomic E-state index is -0.0291. The Balaban J connectivity index is 1.52. The molecule has 0 spiro atoms. The summed E-state index contributed by atoms with van der Waals surface area (Å²) in [6.45, 7) is 4.44. The molecule has 1 saturated carbocycles. The molecule has 0 aromatic carbocycles. The summed E-state index contributed by atoms with van der Waals surface area (Å²) in [5.41, 5.74) is 0. The van der Waals surface area contributed by atoms with Crippen LogP contribution in [0.25, 0.3) is 0 Å². The largest absolute Gasteiger partial charge is 0.373 e. The Labute approximate surface area is 134 Å². The zero-order valence-corrected chi connectivity index (χ0v) is 14.2. The molecule has 1 heterocycles. The minimum Gasteiger partial charge on any atom is -0.373 e. The summed E-state index contributed by atoms with van der Waals surface area (Å²) in [6.07, 6.45) is 10.9. The zero-order chi connectivity index (χ0) is 14.9. The van der Waals surface area contributed by atoms with E-state index in [1.165, 1.54) is 25.7 Å². The van der Waals surface area contributed by atoms with E-state index in [1.807, 2.05) is 0 Å². The van der Waals surface area contributed by atoms with Gasteiger partial charge in [0, 0.05) is 17.9 Å². The van der Waals surface area contributed by atoms with E-state index in [0.717, 1.165) is 38.7 Å². The fourth-order valence-corrected chi connectivity index (χ4v) is 3.43. The van der Waals surface area contributed by atoms with Crippen LogP contribution in [0.3, 0.4) is 0 Å². The molecule has 1 aliphatic carbocycles. The Kier molecular flexibility index (Phi) is 8.38. The third-order valence-electron chi connectivity index (χ3n) is 4.58.